The van der Waals surface area contributed by atoms with E-state index in [1.807, 2.05) is 13.8 Å². The van der Waals surface area contributed by atoms with Crippen LogP contribution in [-0.4, -0.2) is 22.9 Å². The Balaban J connectivity index is 0.000000348. The zero-order valence-electron chi connectivity index (χ0n) is 31.0. The van der Waals surface area contributed by atoms with E-state index in [2.05, 4.69) is 0 Å². The van der Waals surface area contributed by atoms with Gasteiger partial charge in [0.25, 0.3) is 0 Å². The molecule has 4 aromatic carbocycles. The first-order chi connectivity index (χ1) is 23.7. The zero-order valence-corrected chi connectivity index (χ0v) is 31.0. The number of hydrogen-bond donors (Lipinski definition) is 0. The lowest BCUT2D eigenvalue weighted by molar-refractivity contribution is 0.122. The van der Waals surface area contributed by atoms with E-state index < -0.39 is 63.3 Å². The smallest absolute Gasteiger partial charge is 0.203 e. The van der Waals surface area contributed by atoms with E-state index >= 15 is 0 Å². The highest BCUT2D eigenvalue weighted by Gasteiger charge is 2.20. The van der Waals surface area contributed by atoms with Gasteiger partial charge in [0, 0.05) is 18.2 Å². The largest absolute Gasteiger partial charge is 0.488 e. The Morgan fingerprint density at radius 1 is 0.404 bits per heavy atom. The highest BCUT2D eigenvalue weighted by Crippen LogP contribution is 2.26. The molecule has 0 aromatic heterocycles. The molecule has 0 heterocycles. The first-order valence-electron chi connectivity index (χ1n) is 15.9. The molecule has 0 aliphatic rings. The Morgan fingerprint density at radius 2 is 0.865 bits per heavy atom. The Labute approximate surface area is 299 Å². The number of hydrogen-bond acceptors (Lipinski definition) is 4. The normalized spacial score (nSPS) is 11.2. The van der Waals surface area contributed by atoms with Gasteiger partial charge in [0.15, 0.2) is 63.7 Å². The zero-order chi connectivity index (χ0) is 40.2. The predicted molar refractivity (Wildman–Crippen MR) is 182 cm³/mol. The fourth-order valence-electron chi connectivity index (χ4n) is 3.51. The molecule has 0 spiro atoms. The summed E-state index contributed by atoms with van der Waals surface area (Å²) in [4.78, 5) is 0. The summed E-state index contributed by atoms with van der Waals surface area (Å²) in [6.07, 6.45) is 0.0203. The van der Waals surface area contributed by atoms with E-state index in [4.69, 9.17) is 18.9 Å². The van der Waals surface area contributed by atoms with Crippen molar-refractivity contribution in [2.45, 2.75) is 99.1 Å². The summed E-state index contributed by atoms with van der Waals surface area (Å²) in [6.45, 7) is 19.3. The van der Waals surface area contributed by atoms with Crippen molar-refractivity contribution in [2.75, 3.05) is 0 Å². The SMILES string of the molecule is CC(C)(C)Oc1cc(F)c(F)cc1F.CC(C)(C)Oc1ccc(F)c(F)c1F.CC(C)(C)Oc1ccc(F)cc1F.CC(C)Oc1ccccc1F. The summed E-state index contributed by atoms with van der Waals surface area (Å²) in [6, 6.07) is 12.7. The number of ether oxygens (including phenoxy) is 4. The van der Waals surface area contributed by atoms with E-state index in [1.54, 1.807) is 80.5 Å². The lowest BCUT2D eigenvalue weighted by atomic mass is 10.2. The Kier molecular flexibility index (Phi) is 16.9. The van der Waals surface area contributed by atoms with Crippen LogP contribution >= 0.6 is 0 Å². The van der Waals surface area contributed by atoms with Crippen LogP contribution in [0.25, 0.3) is 0 Å². The second-order valence-electron chi connectivity index (χ2n) is 14.2. The minimum absolute atomic E-state index is 0.0203. The monoisotopic (exact) mass is 748 g/mol. The van der Waals surface area contributed by atoms with Crippen LogP contribution in [-0.2, 0) is 0 Å². The van der Waals surface area contributed by atoms with Crippen LogP contribution in [0.2, 0.25) is 0 Å². The number of rotatable bonds is 5. The highest BCUT2D eigenvalue weighted by molar-refractivity contribution is 5.28. The van der Waals surface area contributed by atoms with Crippen LogP contribution in [0.1, 0.15) is 76.2 Å². The van der Waals surface area contributed by atoms with Gasteiger partial charge < -0.3 is 18.9 Å². The molecule has 288 valence electrons. The first kappa shape index (κ1) is 45.5. The van der Waals surface area contributed by atoms with Crippen molar-refractivity contribution < 1.29 is 58.5 Å². The first-order valence-corrected chi connectivity index (χ1v) is 15.9. The fourth-order valence-corrected chi connectivity index (χ4v) is 3.51. The number of benzene rings is 4. The third-order valence-corrected chi connectivity index (χ3v) is 5.32. The lowest BCUT2D eigenvalue weighted by Crippen LogP contribution is -2.23. The van der Waals surface area contributed by atoms with Gasteiger partial charge in [-0.25, -0.2) is 35.1 Å². The molecule has 0 fully saturated rings. The summed E-state index contributed by atoms with van der Waals surface area (Å²) >= 11 is 0. The van der Waals surface area contributed by atoms with Crippen molar-refractivity contribution >= 4 is 0 Å². The molecule has 0 radical (unpaired) electrons. The van der Waals surface area contributed by atoms with Crippen LogP contribution < -0.4 is 18.9 Å². The molecule has 4 nitrogen and oxygen atoms in total. The number of para-hydroxylation sites is 1. The summed E-state index contributed by atoms with van der Waals surface area (Å²) in [5.41, 5.74) is -1.77. The molecule has 0 aliphatic heterocycles. The summed E-state index contributed by atoms with van der Waals surface area (Å²) in [7, 11) is 0. The minimum atomic E-state index is -1.51. The van der Waals surface area contributed by atoms with Gasteiger partial charge in [0.05, 0.1) is 6.10 Å². The van der Waals surface area contributed by atoms with Gasteiger partial charge in [-0.2, -0.15) is 4.39 Å². The predicted octanol–water partition coefficient (Wildman–Crippen LogP) is 12.3. The molecule has 4 rings (SSSR count). The maximum Gasteiger partial charge on any atom is 0.203 e. The van der Waals surface area contributed by atoms with Crippen LogP contribution in [0.4, 0.5) is 39.5 Å². The summed E-state index contributed by atoms with van der Waals surface area (Å²) < 4.78 is 135. The van der Waals surface area contributed by atoms with Crippen molar-refractivity contribution in [3.63, 3.8) is 0 Å². The van der Waals surface area contributed by atoms with E-state index in [-0.39, 0.29) is 29.2 Å². The second-order valence-corrected chi connectivity index (χ2v) is 14.2. The van der Waals surface area contributed by atoms with Crippen LogP contribution in [0.15, 0.2) is 66.7 Å². The van der Waals surface area contributed by atoms with Gasteiger partial charge in [-0.3, -0.25) is 0 Å². The van der Waals surface area contributed by atoms with Crippen LogP contribution in [0.3, 0.4) is 0 Å². The molecule has 52 heavy (non-hydrogen) atoms. The van der Waals surface area contributed by atoms with E-state index in [0.29, 0.717) is 17.9 Å². The standard InChI is InChI=1S/2C10H11F3O.C10H12F2O.C9H11FO/c1-10(2,3)14-9-5-7(12)6(11)4-8(9)13;1-10(2,3)14-7-5-4-6(11)8(12)9(7)13;1-10(2,3)13-9-5-4-7(11)6-8(9)12;1-7(2)11-9-6-4-3-5-8(9)10/h2*4-5H,1-3H3;4-6H,1-3H3;3-7H,1-2H3. The molecule has 0 N–H and O–H groups in total. The molecule has 0 atom stereocenters. The van der Waals surface area contributed by atoms with Crippen LogP contribution in [0.5, 0.6) is 23.0 Å². The molecule has 0 amide bonds. The maximum atomic E-state index is 13.1. The Morgan fingerprint density at radius 3 is 1.37 bits per heavy atom. The second kappa shape index (κ2) is 19.3. The molecular weight excluding hydrogens is 703 g/mol. The van der Waals surface area contributed by atoms with E-state index in [9.17, 15) is 39.5 Å². The fraction of sp³-hybridized carbons (Fsp3) is 0.385. The van der Waals surface area contributed by atoms with E-state index in [1.165, 1.54) is 18.2 Å². The van der Waals surface area contributed by atoms with Crippen molar-refractivity contribution in [1.82, 2.24) is 0 Å². The van der Waals surface area contributed by atoms with Crippen molar-refractivity contribution in [1.29, 1.82) is 0 Å². The van der Waals surface area contributed by atoms with Crippen molar-refractivity contribution in [3.8, 4) is 23.0 Å². The van der Waals surface area contributed by atoms with E-state index in [0.717, 1.165) is 18.2 Å². The quantitative estimate of drug-likeness (QED) is 0.116. The highest BCUT2D eigenvalue weighted by atomic mass is 19.2. The molecule has 4 aromatic rings. The Hall–Kier alpha value is -4.55. The molecule has 0 unspecified atom stereocenters. The lowest BCUT2D eigenvalue weighted by Gasteiger charge is -2.21. The van der Waals surface area contributed by atoms with Gasteiger partial charge in [0.1, 0.15) is 22.6 Å². The van der Waals surface area contributed by atoms with Crippen molar-refractivity contribution in [3.05, 3.63) is 119 Å². The summed E-state index contributed by atoms with van der Waals surface area (Å²) in [5, 5.41) is 0. The van der Waals surface area contributed by atoms with Gasteiger partial charge in [-0.15, -0.1) is 0 Å². The summed E-state index contributed by atoms with van der Waals surface area (Å²) in [5.74, 6) is -9.00. The average Bonchev–Trinajstić information content (AvgIpc) is 2.98. The molecule has 0 bridgehead atoms. The molecular formula is C39H45F9O4. The number of halogens is 9. The molecule has 0 saturated heterocycles. The van der Waals surface area contributed by atoms with Crippen molar-refractivity contribution in [2.24, 2.45) is 0 Å². The Bertz CT molecular complexity index is 1710. The molecule has 0 aliphatic carbocycles. The topological polar surface area (TPSA) is 36.9 Å². The minimum Gasteiger partial charge on any atom is -0.488 e. The third kappa shape index (κ3) is 17.6. The van der Waals surface area contributed by atoms with Gasteiger partial charge in [-0.05, 0) is 113 Å². The maximum absolute atomic E-state index is 13.1. The van der Waals surface area contributed by atoms with Crippen LogP contribution in [0, 0.1) is 52.4 Å². The van der Waals surface area contributed by atoms with Gasteiger partial charge >= 0.3 is 0 Å². The van der Waals surface area contributed by atoms with Gasteiger partial charge in [0.2, 0.25) is 5.82 Å². The van der Waals surface area contributed by atoms with Gasteiger partial charge in [-0.1, -0.05) is 12.1 Å². The molecule has 0 saturated carbocycles. The average molecular weight is 749 g/mol. The molecule has 13 heteroatoms. The third-order valence-electron chi connectivity index (χ3n) is 5.32.